The van der Waals surface area contributed by atoms with E-state index in [0.29, 0.717) is 41.7 Å². The summed E-state index contributed by atoms with van der Waals surface area (Å²) in [6, 6.07) is 10.5. The number of nitrogens with one attached hydrogen (secondary N) is 1. The summed E-state index contributed by atoms with van der Waals surface area (Å²) in [5.41, 5.74) is 1.22. The van der Waals surface area contributed by atoms with E-state index in [0.717, 1.165) is 10.9 Å². The van der Waals surface area contributed by atoms with Crippen LogP contribution in [0.15, 0.2) is 40.9 Å². The molecule has 6 nitrogen and oxygen atoms in total. The van der Waals surface area contributed by atoms with Crippen LogP contribution in [0.25, 0.3) is 0 Å². The van der Waals surface area contributed by atoms with Gasteiger partial charge >= 0.3 is 0 Å². The molecule has 2 aromatic rings. The Kier molecular flexibility index (Phi) is 5.78. The van der Waals surface area contributed by atoms with E-state index >= 15 is 0 Å². The molecule has 0 atom stereocenters. The van der Waals surface area contributed by atoms with Crippen molar-refractivity contribution in [3.05, 3.63) is 46.4 Å². The molecule has 0 fully saturated rings. The number of halogens is 1. The van der Waals surface area contributed by atoms with Crippen LogP contribution in [0.4, 0.5) is 5.69 Å². The molecule has 3 rings (SSSR count). The summed E-state index contributed by atoms with van der Waals surface area (Å²) >= 11 is 3.33. The minimum atomic E-state index is -0.304. The number of carbonyl (C=O) groups is 1. The van der Waals surface area contributed by atoms with Crippen LogP contribution in [0.1, 0.15) is 12.0 Å². The lowest BCUT2D eigenvalue weighted by Gasteiger charge is -2.12. The fraction of sp³-hybridized carbons (Fsp3) is 0.278. The van der Waals surface area contributed by atoms with E-state index < -0.39 is 0 Å². The molecule has 0 saturated heterocycles. The Balaban J connectivity index is 1.60. The quantitative estimate of drug-likeness (QED) is 0.795. The highest BCUT2D eigenvalue weighted by Gasteiger charge is 2.12. The van der Waals surface area contributed by atoms with Crippen molar-refractivity contribution in [3.63, 3.8) is 0 Å². The van der Waals surface area contributed by atoms with Gasteiger partial charge in [-0.15, -0.1) is 0 Å². The zero-order valence-corrected chi connectivity index (χ0v) is 15.0. The first-order valence-electron chi connectivity index (χ1n) is 7.87. The first-order chi connectivity index (χ1) is 12.2. The SMILES string of the molecule is O=C(COc1ccc(Br)cc1CO)Nc1ccc2c(c1)OCCCO2. The van der Waals surface area contributed by atoms with Gasteiger partial charge in [0.15, 0.2) is 18.1 Å². The maximum Gasteiger partial charge on any atom is 0.262 e. The molecule has 1 aliphatic rings. The highest BCUT2D eigenvalue weighted by atomic mass is 79.9. The number of benzene rings is 2. The summed E-state index contributed by atoms with van der Waals surface area (Å²) < 4.78 is 17.5. The third kappa shape index (κ3) is 4.64. The minimum Gasteiger partial charge on any atom is -0.490 e. The van der Waals surface area contributed by atoms with Crippen molar-refractivity contribution < 1.29 is 24.1 Å². The van der Waals surface area contributed by atoms with Gasteiger partial charge in [0.25, 0.3) is 5.91 Å². The van der Waals surface area contributed by atoms with Gasteiger partial charge in [-0.3, -0.25) is 4.79 Å². The maximum atomic E-state index is 12.1. The number of hydrogen-bond donors (Lipinski definition) is 2. The van der Waals surface area contributed by atoms with Crippen LogP contribution in [0.2, 0.25) is 0 Å². The average molecular weight is 408 g/mol. The Bertz CT molecular complexity index is 765. The number of anilines is 1. The van der Waals surface area contributed by atoms with Gasteiger partial charge in [-0.1, -0.05) is 15.9 Å². The first kappa shape index (κ1) is 17.6. The Hall–Kier alpha value is -2.25. The van der Waals surface area contributed by atoms with Crippen LogP contribution in [-0.2, 0) is 11.4 Å². The lowest BCUT2D eigenvalue weighted by Crippen LogP contribution is -2.20. The molecule has 0 bridgehead atoms. The van der Waals surface area contributed by atoms with E-state index in [1.807, 2.05) is 0 Å². The van der Waals surface area contributed by atoms with Crippen molar-refractivity contribution in [1.82, 2.24) is 0 Å². The Morgan fingerprint density at radius 3 is 2.76 bits per heavy atom. The summed E-state index contributed by atoms with van der Waals surface area (Å²) in [7, 11) is 0. The van der Waals surface area contributed by atoms with Crippen LogP contribution in [0, 0.1) is 0 Å². The summed E-state index contributed by atoms with van der Waals surface area (Å²) in [6.07, 6.45) is 0.824. The zero-order valence-electron chi connectivity index (χ0n) is 13.5. The molecule has 0 unspecified atom stereocenters. The second-order valence-corrected chi connectivity index (χ2v) is 6.37. The normalized spacial score (nSPS) is 13.0. The van der Waals surface area contributed by atoms with Crippen molar-refractivity contribution in [2.24, 2.45) is 0 Å². The summed E-state index contributed by atoms with van der Waals surface area (Å²) in [5.74, 6) is 1.46. The molecule has 7 heteroatoms. The fourth-order valence-corrected chi connectivity index (χ4v) is 2.80. The second-order valence-electron chi connectivity index (χ2n) is 5.46. The Morgan fingerprint density at radius 2 is 1.96 bits per heavy atom. The third-order valence-corrected chi connectivity index (χ3v) is 4.08. The van der Waals surface area contributed by atoms with Gasteiger partial charge in [-0.25, -0.2) is 0 Å². The predicted octanol–water partition coefficient (Wildman–Crippen LogP) is 3.12. The molecular formula is C18H18BrNO5. The number of aliphatic hydroxyl groups excluding tert-OH is 1. The van der Waals surface area contributed by atoms with Gasteiger partial charge in [-0.2, -0.15) is 0 Å². The topological polar surface area (TPSA) is 77.0 Å². The van der Waals surface area contributed by atoms with E-state index in [-0.39, 0.29) is 19.1 Å². The molecule has 0 spiro atoms. The number of amides is 1. The molecule has 2 N–H and O–H groups in total. The van der Waals surface area contributed by atoms with Gasteiger partial charge < -0.3 is 24.6 Å². The molecule has 0 aliphatic carbocycles. The van der Waals surface area contributed by atoms with Crippen LogP contribution >= 0.6 is 15.9 Å². The maximum absolute atomic E-state index is 12.1. The number of aliphatic hydroxyl groups is 1. The van der Waals surface area contributed by atoms with E-state index in [9.17, 15) is 9.90 Å². The molecular weight excluding hydrogens is 390 g/mol. The lowest BCUT2D eigenvalue weighted by atomic mass is 10.2. The van der Waals surface area contributed by atoms with Crippen molar-refractivity contribution in [3.8, 4) is 17.2 Å². The fourth-order valence-electron chi connectivity index (χ4n) is 2.39. The molecule has 0 saturated carbocycles. The number of rotatable bonds is 5. The molecule has 1 aliphatic heterocycles. The van der Waals surface area contributed by atoms with Gasteiger partial charge in [-0.05, 0) is 30.3 Å². The zero-order chi connectivity index (χ0) is 17.6. The van der Waals surface area contributed by atoms with E-state index in [1.54, 1.807) is 36.4 Å². The number of fused-ring (bicyclic) bond motifs is 1. The van der Waals surface area contributed by atoms with Crippen LogP contribution in [0.5, 0.6) is 17.2 Å². The van der Waals surface area contributed by atoms with Crippen molar-refractivity contribution in [2.45, 2.75) is 13.0 Å². The highest BCUT2D eigenvalue weighted by molar-refractivity contribution is 9.10. The van der Waals surface area contributed by atoms with Gasteiger partial charge in [0, 0.05) is 28.2 Å². The predicted molar refractivity (Wildman–Crippen MR) is 96.2 cm³/mol. The van der Waals surface area contributed by atoms with Crippen molar-refractivity contribution in [1.29, 1.82) is 0 Å². The van der Waals surface area contributed by atoms with Crippen LogP contribution in [0.3, 0.4) is 0 Å². The largest absolute Gasteiger partial charge is 0.490 e. The van der Waals surface area contributed by atoms with Gasteiger partial charge in [0.05, 0.1) is 19.8 Å². The summed E-state index contributed by atoms with van der Waals surface area (Å²) in [4.78, 5) is 12.1. The lowest BCUT2D eigenvalue weighted by molar-refractivity contribution is -0.118. The molecule has 132 valence electrons. The molecule has 1 amide bonds. The van der Waals surface area contributed by atoms with Gasteiger partial charge in [0.1, 0.15) is 5.75 Å². The van der Waals surface area contributed by atoms with E-state index in [4.69, 9.17) is 14.2 Å². The van der Waals surface area contributed by atoms with Crippen molar-refractivity contribution in [2.75, 3.05) is 25.1 Å². The molecule has 25 heavy (non-hydrogen) atoms. The molecule has 1 heterocycles. The Morgan fingerprint density at radius 1 is 1.16 bits per heavy atom. The van der Waals surface area contributed by atoms with E-state index in [1.165, 1.54) is 0 Å². The highest BCUT2D eigenvalue weighted by Crippen LogP contribution is 2.32. The first-order valence-corrected chi connectivity index (χ1v) is 8.66. The smallest absolute Gasteiger partial charge is 0.262 e. The molecule has 0 radical (unpaired) electrons. The summed E-state index contributed by atoms with van der Waals surface area (Å²) in [6.45, 7) is 0.871. The monoisotopic (exact) mass is 407 g/mol. The molecule has 2 aromatic carbocycles. The molecule has 0 aromatic heterocycles. The van der Waals surface area contributed by atoms with Crippen molar-refractivity contribution >= 4 is 27.5 Å². The summed E-state index contributed by atoms with van der Waals surface area (Å²) in [5, 5.41) is 12.1. The Labute approximate surface area is 153 Å². The van der Waals surface area contributed by atoms with Crippen LogP contribution in [-0.4, -0.2) is 30.8 Å². The number of carbonyl (C=O) groups excluding carboxylic acids is 1. The van der Waals surface area contributed by atoms with Crippen LogP contribution < -0.4 is 19.5 Å². The second kappa shape index (κ2) is 8.22. The standard InChI is InChI=1S/C18H18BrNO5/c19-13-2-4-15(12(8-13)10-21)25-11-18(22)20-14-3-5-16-17(9-14)24-7-1-6-23-16/h2-5,8-9,21H,1,6-7,10-11H2,(H,20,22). The van der Waals surface area contributed by atoms with Gasteiger partial charge in [0.2, 0.25) is 0 Å². The average Bonchev–Trinajstić information content (AvgIpc) is 2.85. The number of hydrogen-bond acceptors (Lipinski definition) is 5. The van der Waals surface area contributed by atoms with E-state index in [2.05, 4.69) is 21.2 Å². The number of ether oxygens (including phenoxy) is 3. The minimum absolute atomic E-state index is 0.164. The third-order valence-electron chi connectivity index (χ3n) is 3.58.